The van der Waals surface area contributed by atoms with Crippen molar-refractivity contribution in [2.45, 2.75) is 19.4 Å². The molecule has 0 fully saturated rings. The summed E-state index contributed by atoms with van der Waals surface area (Å²) >= 11 is 3.88. The van der Waals surface area contributed by atoms with Crippen molar-refractivity contribution in [3.8, 4) is 0 Å². The van der Waals surface area contributed by atoms with Gasteiger partial charge in [-0.15, -0.1) is 11.3 Å². The molecule has 0 radical (unpaired) electrons. The van der Waals surface area contributed by atoms with Gasteiger partial charge in [0, 0.05) is 4.88 Å². The Labute approximate surface area is 78.2 Å². The summed E-state index contributed by atoms with van der Waals surface area (Å²) in [6.07, 6.45) is 0. The van der Waals surface area contributed by atoms with Crippen molar-refractivity contribution in [2.24, 2.45) is 0 Å². The summed E-state index contributed by atoms with van der Waals surface area (Å²) in [6, 6.07) is 3.98. The fourth-order valence-corrected chi connectivity index (χ4v) is 2.27. The highest BCUT2D eigenvalue weighted by molar-refractivity contribution is 14.1. The molecular formula is C7H9IOS. The lowest BCUT2D eigenvalue weighted by Crippen LogP contribution is -2.12. The van der Waals surface area contributed by atoms with E-state index in [1.165, 1.54) is 2.88 Å². The lowest BCUT2D eigenvalue weighted by Gasteiger charge is -2.13. The van der Waals surface area contributed by atoms with Gasteiger partial charge < -0.3 is 5.11 Å². The van der Waals surface area contributed by atoms with Crippen molar-refractivity contribution in [1.29, 1.82) is 0 Å². The predicted molar refractivity (Wildman–Crippen MR) is 52.3 cm³/mol. The van der Waals surface area contributed by atoms with Crippen LogP contribution in [-0.4, -0.2) is 5.11 Å². The summed E-state index contributed by atoms with van der Waals surface area (Å²) in [7, 11) is 0. The summed E-state index contributed by atoms with van der Waals surface area (Å²) in [5.74, 6) is 0. The molecule has 1 aromatic rings. The molecule has 1 N–H and O–H groups in total. The van der Waals surface area contributed by atoms with Crippen molar-refractivity contribution < 1.29 is 5.11 Å². The number of aliphatic hydroxyl groups is 1. The van der Waals surface area contributed by atoms with E-state index in [1.807, 2.05) is 12.1 Å². The van der Waals surface area contributed by atoms with Gasteiger partial charge in [-0.1, -0.05) is 0 Å². The first-order chi connectivity index (χ1) is 4.50. The van der Waals surface area contributed by atoms with Crippen LogP contribution in [0.4, 0.5) is 0 Å². The zero-order chi connectivity index (χ0) is 7.78. The zero-order valence-electron chi connectivity index (χ0n) is 5.89. The van der Waals surface area contributed by atoms with E-state index in [4.69, 9.17) is 0 Å². The maximum absolute atomic E-state index is 9.51. The van der Waals surface area contributed by atoms with Gasteiger partial charge in [-0.2, -0.15) is 0 Å². The van der Waals surface area contributed by atoms with Crippen molar-refractivity contribution in [1.82, 2.24) is 0 Å². The van der Waals surface area contributed by atoms with E-state index in [0.717, 1.165) is 4.88 Å². The van der Waals surface area contributed by atoms with Crippen LogP contribution in [0.2, 0.25) is 0 Å². The van der Waals surface area contributed by atoms with E-state index >= 15 is 0 Å². The smallest absolute Gasteiger partial charge is 0.0932 e. The summed E-state index contributed by atoms with van der Waals surface area (Å²) in [5.41, 5.74) is -0.673. The monoisotopic (exact) mass is 268 g/mol. The quantitative estimate of drug-likeness (QED) is 0.776. The second-order valence-electron chi connectivity index (χ2n) is 2.66. The fraction of sp³-hybridized carbons (Fsp3) is 0.429. The Balaban J connectivity index is 2.96. The highest BCUT2D eigenvalue weighted by Crippen LogP contribution is 2.28. The molecule has 0 aromatic carbocycles. The van der Waals surface area contributed by atoms with Crippen LogP contribution in [0.5, 0.6) is 0 Å². The Morgan fingerprint density at radius 2 is 2.10 bits per heavy atom. The Kier molecular flexibility index (Phi) is 2.37. The van der Waals surface area contributed by atoms with Gasteiger partial charge in [0.05, 0.1) is 8.48 Å². The van der Waals surface area contributed by atoms with E-state index in [2.05, 4.69) is 22.6 Å². The molecule has 0 unspecified atom stereocenters. The van der Waals surface area contributed by atoms with Gasteiger partial charge in [-0.25, -0.2) is 0 Å². The molecule has 0 saturated carbocycles. The lowest BCUT2D eigenvalue weighted by atomic mass is 10.1. The van der Waals surface area contributed by atoms with Gasteiger partial charge in [0.15, 0.2) is 0 Å². The average Bonchev–Trinajstić information content (AvgIpc) is 2.11. The zero-order valence-corrected chi connectivity index (χ0v) is 8.86. The number of hydrogen-bond acceptors (Lipinski definition) is 2. The normalized spacial score (nSPS) is 12.0. The minimum atomic E-state index is -0.673. The first kappa shape index (κ1) is 8.49. The molecular weight excluding hydrogens is 259 g/mol. The third kappa shape index (κ3) is 1.93. The molecule has 10 heavy (non-hydrogen) atoms. The highest BCUT2D eigenvalue weighted by Gasteiger charge is 2.17. The molecule has 0 saturated heterocycles. The summed E-state index contributed by atoms with van der Waals surface area (Å²) in [4.78, 5) is 1.02. The summed E-state index contributed by atoms with van der Waals surface area (Å²) in [6.45, 7) is 3.60. The largest absolute Gasteiger partial charge is 0.385 e. The Morgan fingerprint density at radius 1 is 1.50 bits per heavy atom. The SMILES string of the molecule is CC(C)(O)c1ccc(I)s1. The molecule has 0 spiro atoms. The van der Waals surface area contributed by atoms with Crippen LogP contribution in [0, 0.1) is 2.88 Å². The van der Waals surface area contributed by atoms with E-state index in [9.17, 15) is 5.11 Å². The second kappa shape index (κ2) is 2.79. The van der Waals surface area contributed by atoms with Crippen LogP contribution < -0.4 is 0 Å². The lowest BCUT2D eigenvalue weighted by molar-refractivity contribution is 0.0825. The van der Waals surface area contributed by atoms with E-state index in [1.54, 1.807) is 25.2 Å². The number of halogens is 1. The maximum Gasteiger partial charge on any atom is 0.0932 e. The number of rotatable bonds is 1. The standard InChI is InChI=1S/C7H9IOS/c1-7(2,9)5-3-4-6(8)10-5/h3-4,9H,1-2H3. The van der Waals surface area contributed by atoms with E-state index < -0.39 is 5.60 Å². The fourth-order valence-electron chi connectivity index (χ4n) is 0.643. The van der Waals surface area contributed by atoms with Crippen molar-refractivity contribution in [3.05, 3.63) is 19.9 Å². The van der Waals surface area contributed by atoms with Gasteiger partial charge in [0.25, 0.3) is 0 Å². The Morgan fingerprint density at radius 3 is 2.30 bits per heavy atom. The maximum atomic E-state index is 9.51. The van der Waals surface area contributed by atoms with Crippen LogP contribution in [0.25, 0.3) is 0 Å². The van der Waals surface area contributed by atoms with Crippen molar-refractivity contribution in [2.75, 3.05) is 0 Å². The third-order valence-corrected chi connectivity index (χ3v) is 3.38. The van der Waals surface area contributed by atoms with Crippen LogP contribution in [0.1, 0.15) is 18.7 Å². The molecule has 0 atom stereocenters. The predicted octanol–water partition coefficient (Wildman–Crippen LogP) is 2.58. The highest BCUT2D eigenvalue weighted by atomic mass is 127. The molecule has 0 bridgehead atoms. The molecule has 1 rings (SSSR count). The first-order valence-corrected chi connectivity index (χ1v) is 4.88. The van der Waals surface area contributed by atoms with Crippen LogP contribution >= 0.6 is 33.9 Å². The molecule has 3 heteroatoms. The van der Waals surface area contributed by atoms with Gasteiger partial charge >= 0.3 is 0 Å². The van der Waals surface area contributed by atoms with E-state index in [0.29, 0.717) is 0 Å². The van der Waals surface area contributed by atoms with Gasteiger partial charge in [0.2, 0.25) is 0 Å². The topological polar surface area (TPSA) is 20.2 Å². The van der Waals surface area contributed by atoms with Gasteiger partial charge in [-0.05, 0) is 48.6 Å². The average molecular weight is 268 g/mol. The van der Waals surface area contributed by atoms with Crippen LogP contribution in [0.15, 0.2) is 12.1 Å². The first-order valence-electron chi connectivity index (χ1n) is 2.98. The van der Waals surface area contributed by atoms with Crippen LogP contribution in [0.3, 0.4) is 0 Å². The Bertz CT molecular complexity index is 224. The number of hydrogen-bond donors (Lipinski definition) is 1. The summed E-state index contributed by atoms with van der Waals surface area (Å²) in [5, 5.41) is 9.51. The molecule has 1 nitrogen and oxygen atoms in total. The molecule has 1 aromatic heterocycles. The minimum Gasteiger partial charge on any atom is -0.385 e. The van der Waals surface area contributed by atoms with Crippen molar-refractivity contribution in [3.63, 3.8) is 0 Å². The van der Waals surface area contributed by atoms with Gasteiger partial charge in [0.1, 0.15) is 0 Å². The molecule has 56 valence electrons. The summed E-state index contributed by atoms with van der Waals surface area (Å²) < 4.78 is 1.22. The van der Waals surface area contributed by atoms with Crippen LogP contribution in [-0.2, 0) is 5.60 Å². The van der Waals surface area contributed by atoms with Crippen molar-refractivity contribution >= 4 is 33.9 Å². The molecule has 0 aliphatic carbocycles. The second-order valence-corrected chi connectivity index (χ2v) is 5.64. The minimum absolute atomic E-state index is 0.673. The molecule has 0 aliphatic rings. The molecule has 0 aliphatic heterocycles. The number of thiophene rings is 1. The van der Waals surface area contributed by atoms with E-state index in [-0.39, 0.29) is 0 Å². The third-order valence-electron chi connectivity index (χ3n) is 1.18. The molecule has 1 heterocycles. The van der Waals surface area contributed by atoms with Gasteiger partial charge in [-0.3, -0.25) is 0 Å². The molecule has 0 amide bonds. The Hall–Kier alpha value is 0.390.